The largest absolute Gasteiger partial charge is 0.494 e. The SMILES string of the molecule is COc1cn(C(=O)C(F)(F)F)c2ccccc12. The summed E-state index contributed by atoms with van der Waals surface area (Å²) >= 11 is 0. The number of carbonyl (C=O) groups is 1. The predicted octanol–water partition coefficient (Wildman–Crippen LogP) is 2.85. The van der Waals surface area contributed by atoms with Crippen LogP contribution in [0.5, 0.6) is 5.75 Å². The first-order valence-corrected chi connectivity index (χ1v) is 4.70. The summed E-state index contributed by atoms with van der Waals surface area (Å²) in [6.45, 7) is 0. The van der Waals surface area contributed by atoms with Crippen molar-refractivity contribution in [2.45, 2.75) is 6.18 Å². The van der Waals surface area contributed by atoms with Crippen molar-refractivity contribution in [2.75, 3.05) is 7.11 Å². The van der Waals surface area contributed by atoms with Crippen LogP contribution in [0.25, 0.3) is 10.9 Å². The van der Waals surface area contributed by atoms with Crippen molar-refractivity contribution in [3.05, 3.63) is 30.5 Å². The van der Waals surface area contributed by atoms with E-state index in [0.717, 1.165) is 6.20 Å². The number of nitrogens with zero attached hydrogens (tertiary/aromatic N) is 1. The second-order valence-corrected chi connectivity index (χ2v) is 3.39. The summed E-state index contributed by atoms with van der Waals surface area (Å²) in [5, 5.41) is 0.465. The molecule has 1 aromatic carbocycles. The Balaban J connectivity index is 2.67. The Morgan fingerprint density at radius 3 is 2.53 bits per heavy atom. The molecular formula is C11H8F3NO2. The van der Waals surface area contributed by atoms with Crippen LogP contribution in [0.1, 0.15) is 4.79 Å². The first-order valence-electron chi connectivity index (χ1n) is 4.70. The Morgan fingerprint density at radius 1 is 1.29 bits per heavy atom. The third-order valence-corrected chi connectivity index (χ3v) is 2.36. The molecule has 0 N–H and O–H groups in total. The van der Waals surface area contributed by atoms with Gasteiger partial charge < -0.3 is 4.74 Å². The molecular weight excluding hydrogens is 235 g/mol. The summed E-state index contributed by atoms with van der Waals surface area (Å²) < 4.78 is 42.6. The summed E-state index contributed by atoms with van der Waals surface area (Å²) in [6, 6.07) is 6.24. The van der Waals surface area contributed by atoms with E-state index in [9.17, 15) is 18.0 Å². The van der Waals surface area contributed by atoms with Gasteiger partial charge in [-0.2, -0.15) is 13.2 Å². The van der Waals surface area contributed by atoms with Crippen LogP contribution in [0.2, 0.25) is 0 Å². The zero-order chi connectivity index (χ0) is 12.6. The predicted molar refractivity (Wildman–Crippen MR) is 55.2 cm³/mol. The summed E-state index contributed by atoms with van der Waals surface area (Å²) in [7, 11) is 1.34. The second-order valence-electron chi connectivity index (χ2n) is 3.39. The van der Waals surface area contributed by atoms with Gasteiger partial charge in [0.1, 0.15) is 5.75 Å². The molecule has 0 fully saturated rings. The van der Waals surface area contributed by atoms with Crippen molar-refractivity contribution in [1.29, 1.82) is 0 Å². The van der Waals surface area contributed by atoms with Gasteiger partial charge in [0, 0.05) is 5.39 Å². The summed E-state index contributed by atoms with van der Waals surface area (Å²) in [5.41, 5.74) is 0.173. The molecule has 0 unspecified atom stereocenters. The molecule has 90 valence electrons. The topological polar surface area (TPSA) is 31.2 Å². The van der Waals surface area contributed by atoms with Crippen LogP contribution in [0.3, 0.4) is 0 Å². The number of benzene rings is 1. The first kappa shape index (κ1) is 11.5. The molecule has 1 aromatic heterocycles. The number of alkyl halides is 3. The fourth-order valence-electron chi connectivity index (χ4n) is 1.62. The average Bonchev–Trinajstić information content (AvgIpc) is 2.65. The average molecular weight is 243 g/mol. The Kier molecular flexibility index (Phi) is 2.57. The van der Waals surface area contributed by atoms with E-state index in [-0.39, 0.29) is 11.3 Å². The zero-order valence-corrected chi connectivity index (χ0v) is 8.78. The van der Waals surface area contributed by atoms with Crippen LogP contribution in [-0.4, -0.2) is 23.8 Å². The van der Waals surface area contributed by atoms with Crippen molar-refractivity contribution in [3.8, 4) is 5.75 Å². The summed E-state index contributed by atoms with van der Waals surface area (Å²) in [6.07, 6.45) is -3.87. The van der Waals surface area contributed by atoms with Crippen molar-refractivity contribution >= 4 is 16.8 Å². The van der Waals surface area contributed by atoms with E-state index in [1.54, 1.807) is 18.2 Å². The van der Waals surface area contributed by atoms with Crippen molar-refractivity contribution in [2.24, 2.45) is 0 Å². The van der Waals surface area contributed by atoms with E-state index < -0.39 is 12.1 Å². The van der Waals surface area contributed by atoms with E-state index in [4.69, 9.17) is 4.74 Å². The molecule has 0 aliphatic carbocycles. The molecule has 0 bridgehead atoms. The van der Waals surface area contributed by atoms with Gasteiger partial charge in [-0.25, -0.2) is 0 Å². The highest BCUT2D eigenvalue weighted by molar-refractivity contribution is 5.98. The van der Waals surface area contributed by atoms with Gasteiger partial charge in [-0.15, -0.1) is 0 Å². The standard InChI is InChI=1S/C11H8F3NO2/c1-17-9-6-15(10(16)11(12,13)14)8-5-3-2-4-7(8)9/h2-6H,1H3. The van der Waals surface area contributed by atoms with Gasteiger partial charge in [0.25, 0.3) is 0 Å². The highest BCUT2D eigenvalue weighted by Gasteiger charge is 2.40. The van der Waals surface area contributed by atoms with E-state index in [1.807, 2.05) is 0 Å². The van der Waals surface area contributed by atoms with Gasteiger partial charge in [-0.05, 0) is 12.1 Å². The molecule has 3 nitrogen and oxygen atoms in total. The fourth-order valence-corrected chi connectivity index (χ4v) is 1.62. The molecule has 0 aliphatic heterocycles. The third-order valence-electron chi connectivity index (χ3n) is 2.36. The number of hydrogen-bond donors (Lipinski definition) is 0. The molecule has 0 radical (unpaired) electrons. The third kappa shape index (κ3) is 1.86. The highest BCUT2D eigenvalue weighted by Crippen LogP contribution is 2.30. The number of fused-ring (bicyclic) bond motifs is 1. The van der Waals surface area contributed by atoms with Crippen LogP contribution >= 0.6 is 0 Å². The minimum absolute atomic E-state index is 0.173. The minimum Gasteiger partial charge on any atom is -0.494 e. The quantitative estimate of drug-likeness (QED) is 0.771. The van der Waals surface area contributed by atoms with Gasteiger partial charge in [-0.1, -0.05) is 12.1 Å². The molecule has 1 heterocycles. The fraction of sp³-hybridized carbons (Fsp3) is 0.182. The molecule has 0 saturated carbocycles. The lowest BCUT2D eigenvalue weighted by atomic mass is 10.2. The van der Waals surface area contributed by atoms with E-state index >= 15 is 0 Å². The number of carbonyl (C=O) groups excluding carboxylic acids is 1. The number of rotatable bonds is 1. The van der Waals surface area contributed by atoms with Crippen LogP contribution < -0.4 is 4.74 Å². The number of methoxy groups -OCH3 is 1. The van der Waals surface area contributed by atoms with Crippen molar-refractivity contribution < 1.29 is 22.7 Å². The molecule has 0 amide bonds. The molecule has 0 atom stereocenters. The van der Waals surface area contributed by atoms with Gasteiger partial charge in [0.05, 0.1) is 18.8 Å². The lowest BCUT2D eigenvalue weighted by Crippen LogP contribution is -2.28. The van der Waals surface area contributed by atoms with E-state index in [2.05, 4.69) is 0 Å². The molecule has 17 heavy (non-hydrogen) atoms. The maximum absolute atomic E-state index is 12.4. The molecule has 0 saturated heterocycles. The molecule has 0 aliphatic rings. The smallest absolute Gasteiger partial charge is 0.472 e. The van der Waals surface area contributed by atoms with Gasteiger partial charge in [0.2, 0.25) is 0 Å². The Labute approximate surface area is 94.4 Å². The van der Waals surface area contributed by atoms with Crippen LogP contribution in [0, 0.1) is 0 Å². The van der Waals surface area contributed by atoms with Gasteiger partial charge in [0.15, 0.2) is 0 Å². The molecule has 2 aromatic rings. The number of ether oxygens (including phenoxy) is 1. The van der Waals surface area contributed by atoms with Crippen molar-refractivity contribution in [1.82, 2.24) is 4.57 Å². The normalized spacial score (nSPS) is 11.8. The number of halogens is 3. The Morgan fingerprint density at radius 2 is 1.94 bits per heavy atom. The Hall–Kier alpha value is -1.98. The minimum atomic E-state index is -4.91. The number of aromatic nitrogens is 1. The van der Waals surface area contributed by atoms with Crippen molar-refractivity contribution in [3.63, 3.8) is 0 Å². The maximum atomic E-state index is 12.4. The molecule has 6 heteroatoms. The maximum Gasteiger partial charge on any atom is 0.472 e. The van der Waals surface area contributed by atoms with Gasteiger partial charge in [-0.3, -0.25) is 9.36 Å². The molecule has 0 spiro atoms. The first-order chi connectivity index (χ1) is 7.95. The van der Waals surface area contributed by atoms with E-state index in [0.29, 0.717) is 9.95 Å². The van der Waals surface area contributed by atoms with E-state index in [1.165, 1.54) is 13.2 Å². The van der Waals surface area contributed by atoms with Crippen LogP contribution in [0.15, 0.2) is 30.5 Å². The zero-order valence-electron chi connectivity index (χ0n) is 8.78. The number of para-hydroxylation sites is 1. The Bertz CT molecular complexity index is 572. The lowest BCUT2D eigenvalue weighted by molar-refractivity contribution is -0.0943. The monoisotopic (exact) mass is 243 g/mol. The highest BCUT2D eigenvalue weighted by atomic mass is 19.4. The second kappa shape index (κ2) is 3.80. The summed E-state index contributed by atoms with van der Waals surface area (Å²) in [4.78, 5) is 11.2. The molecule has 2 rings (SSSR count). The lowest BCUT2D eigenvalue weighted by Gasteiger charge is -2.06. The van der Waals surface area contributed by atoms with Gasteiger partial charge >= 0.3 is 12.1 Å². The number of hydrogen-bond acceptors (Lipinski definition) is 2. The summed E-state index contributed by atoms with van der Waals surface area (Å²) in [5.74, 6) is -1.70. The van der Waals surface area contributed by atoms with Crippen LogP contribution in [0.4, 0.5) is 13.2 Å². The van der Waals surface area contributed by atoms with Crippen LogP contribution in [-0.2, 0) is 0 Å².